The van der Waals surface area contributed by atoms with Crippen molar-refractivity contribution < 1.29 is 13.2 Å². The van der Waals surface area contributed by atoms with E-state index in [2.05, 4.69) is 50.4 Å². The van der Waals surface area contributed by atoms with E-state index in [0.717, 1.165) is 22.7 Å². The minimum Gasteiger partial charge on any atom is -0.340 e. The Kier molecular flexibility index (Phi) is 6.42. The van der Waals surface area contributed by atoms with Gasteiger partial charge in [0, 0.05) is 22.0 Å². The number of hydrogen-bond donors (Lipinski definition) is 2. The summed E-state index contributed by atoms with van der Waals surface area (Å²) in [5, 5.41) is 5.73. The van der Waals surface area contributed by atoms with E-state index in [4.69, 9.17) is 0 Å². The monoisotopic (exact) mass is 464 g/mol. The van der Waals surface area contributed by atoms with E-state index >= 15 is 0 Å². The Balaban J connectivity index is 1.91. The fourth-order valence-electron chi connectivity index (χ4n) is 2.79. The average molecular weight is 465 g/mol. The summed E-state index contributed by atoms with van der Waals surface area (Å²) in [6.07, 6.45) is -2.95. The second-order valence-electron chi connectivity index (χ2n) is 7.01. The van der Waals surface area contributed by atoms with Crippen LogP contribution >= 0.6 is 15.9 Å². The summed E-state index contributed by atoms with van der Waals surface area (Å²) >= 11 is 3.34. The van der Waals surface area contributed by atoms with E-state index in [1.807, 2.05) is 30.3 Å². The lowest BCUT2D eigenvalue weighted by molar-refractivity contribution is -0.137. The molecule has 3 rings (SSSR count). The lowest BCUT2D eigenvalue weighted by atomic mass is 10.0. The molecule has 0 unspecified atom stereocenters. The third-order valence-electron chi connectivity index (χ3n) is 4.03. The summed E-state index contributed by atoms with van der Waals surface area (Å²) in [6, 6.07) is 14.5. The van der Waals surface area contributed by atoms with Crippen LogP contribution in [-0.4, -0.2) is 9.97 Å². The second-order valence-corrected chi connectivity index (χ2v) is 7.92. The van der Waals surface area contributed by atoms with Gasteiger partial charge in [0.05, 0.1) is 0 Å². The van der Waals surface area contributed by atoms with E-state index in [0.29, 0.717) is 17.3 Å². The van der Waals surface area contributed by atoms with Crippen LogP contribution in [0.2, 0.25) is 0 Å². The number of nitrogens with zero attached hydrogens (tertiary/aromatic N) is 2. The van der Waals surface area contributed by atoms with Crippen LogP contribution < -0.4 is 10.6 Å². The predicted molar refractivity (Wildman–Crippen MR) is 113 cm³/mol. The molecule has 0 aliphatic rings. The Morgan fingerprint density at radius 2 is 1.72 bits per heavy atom. The van der Waals surface area contributed by atoms with Gasteiger partial charge in [-0.3, -0.25) is 0 Å². The average Bonchev–Trinajstić information content (AvgIpc) is 2.62. The summed E-state index contributed by atoms with van der Waals surface area (Å²) in [6.45, 7) is 4.18. The first-order valence-electron chi connectivity index (χ1n) is 9.03. The van der Waals surface area contributed by atoms with Gasteiger partial charge in [-0.15, -0.1) is 0 Å². The molecule has 0 fully saturated rings. The first kappa shape index (κ1) is 21.1. The van der Waals surface area contributed by atoms with Crippen LogP contribution in [0.5, 0.6) is 0 Å². The third kappa shape index (κ3) is 5.93. The summed E-state index contributed by atoms with van der Waals surface area (Å²) < 4.78 is 41.3. The van der Waals surface area contributed by atoms with Crippen molar-refractivity contribution in [2.45, 2.75) is 26.4 Å². The highest BCUT2D eigenvalue weighted by Crippen LogP contribution is 2.35. The molecule has 0 amide bonds. The molecule has 0 saturated heterocycles. The van der Waals surface area contributed by atoms with Crippen LogP contribution in [0.4, 0.5) is 36.3 Å². The molecule has 4 nitrogen and oxygen atoms in total. The van der Waals surface area contributed by atoms with Crippen molar-refractivity contribution in [3.63, 3.8) is 0 Å². The molecule has 1 aromatic heterocycles. The van der Waals surface area contributed by atoms with Gasteiger partial charge in [-0.25, -0.2) is 4.98 Å². The van der Waals surface area contributed by atoms with Crippen molar-refractivity contribution in [3.8, 4) is 0 Å². The zero-order valence-corrected chi connectivity index (χ0v) is 17.5. The van der Waals surface area contributed by atoms with Crippen molar-refractivity contribution >= 4 is 39.1 Å². The van der Waals surface area contributed by atoms with Crippen LogP contribution in [0, 0.1) is 5.92 Å². The number of anilines is 4. The highest BCUT2D eigenvalue weighted by molar-refractivity contribution is 9.10. The number of nitrogens with one attached hydrogen (secondary N) is 2. The maximum absolute atomic E-state index is 13.5. The molecule has 0 aliphatic heterocycles. The van der Waals surface area contributed by atoms with Gasteiger partial charge in [0.1, 0.15) is 11.4 Å². The van der Waals surface area contributed by atoms with Crippen molar-refractivity contribution in [2.24, 2.45) is 5.92 Å². The van der Waals surface area contributed by atoms with E-state index < -0.39 is 11.7 Å². The summed E-state index contributed by atoms with van der Waals surface area (Å²) in [4.78, 5) is 7.91. The molecular formula is C21H20BrF3N4. The Morgan fingerprint density at radius 1 is 1.00 bits per heavy atom. The summed E-state index contributed by atoms with van der Waals surface area (Å²) in [5.74, 6) is 0.215. The zero-order valence-electron chi connectivity index (χ0n) is 15.9. The van der Waals surface area contributed by atoms with Crippen LogP contribution in [-0.2, 0) is 12.6 Å². The first-order valence-corrected chi connectivity index (χ1v) is 9.83. The molecule has 1 heterocycles. The fraction of sp³-hybridized carbons (Fsp3) is 0.238. The highest BCUT2D eigenvalue weighted by Gasteiger charge is 2.35. The van der Waals surface area contributed by atoms with Gasteiger partial charge < -0.3 is 10.6 Å². The van der Waals surface area contributed by atoms with Crippen LogP contribution in [0.25, 0.3) is 0 Å². The lowest BCUT2D eigenvalue weighted by Crippen LogP contribution is -2.12. The van der Waals surface area contributed by atoms with Gasteiger partial charge in [-0.1, -0.05) is 41.9 Å². The van der Waals surface area contributed by atoms with E-state index in [-0.39, 0.29) is 11.8 Å². The largest absolute Gasteiger partial charge is 0.421 e. The normalized spacial score (nSPS) is 11.6. The topological polar surface area (TPSA) is 49.8 Å². The van der Waals surface area contributed by atoms with E-state index in [1.165, 1.54) is 0 Å². The maximum Gasteiger partial charge on any atom is 0.421 e. The standard InChI is InChI=1S/C21H20BrF3N4/c1-13(2)10-14-4-3-5-17(11-14)27-19-18(21(23,24)25)12-26-20(29-19)28-16-8-6-15(22)7-9-16/h3-9,11-13H,10H2,1-2H3,(H2,26,27,28,29). The van der Waals surface area contributed by atoms with Crippen molar-refractivity contribution in [2.75, 3.05) is 10.6 Å². The van der Waals surface area contributed by atoms with Crippen LogP contribution in [0.1, 0.15) is 25.0 Å². The van der Waals surface area contributed by atoms with Gasteiger partial charge in [-0.2, -0.15) is 18.2 Å². The fourth-order valence-corrected chi connectivity index (χ4v) is 3.06. The minimum absolute atomic E-state index is 0.0705. The molecule has 8 heteroatoms. The van der Waals surface area contributed by atoms with Crippen molar-refractivity contribution in [3.05, 3.63) is 70.3 Å². The molecule has 0 spiro atoms. The number of aromatic nitrogens is 2. The Labute approximate surface area is 175 Å². The maximum atomic E-state index is 13.5. The van der Waals surface area contributed by atoms with Crippen LogP contribution in [0.3, 0.4) is 0 Å². The molecule has 0 radical (unpaired) electrons. The molecule has 152 valence electrons. The minimum atomic E-state index is -4.58. The molecule has 0 saturated carbocycles. The van der Waals surface area contributed by atoms with Gasteiger partial charge >= 0.3 is 6.18 Å². The van der Waals surface area contributed by atoms with Gasteiger partial charge in [-0.05, 0) is 54.3 Å². The number of halogens is 4. The first-order chi connectivity index (χ1) is 13.7. The summed E-state index contributed by atoms with van der Waals surface area (Å²) in [5.41, 5.74) is 1.33. The summed E-state index contributed by atoms with van der Waals surface area (Å²) in [7, 11) is 0. The SMILES string of the molecule is CC(C)Cc1cccc(Nc2nc(Nc3ccc(Br)cc3)ncc2C(F)(F)F)c1. The van der Waals surface area contributed by atoms with E-state index in [9.17, 15) is 13.2 Å². The Hall–Kier alpha value is -2.61. The van der Waals surface area contributed by atoms with Crippen molar-refractivity contribution in [1.29, 1.82) is 0 Å². The smallest absolute Gasteiger partial charge is 0.340 e. The number of benzene rings is 2. The van der Waals surface area contributed by atoms with Gasteiger partial charge in [0.15, 0.2) is 0 Å². The number of hydrogen-bond acceptors (Lipinski definition) is 4. The molecule has 0 bridgehead atoms. The third-order valence-corrected chi connectivity index (χ3v) is 4.56. The molecular weight excluding hydrogens is 445 g/mol. The molecule has 29 heavy (non-hydrogen) atoms. The second kappa shape index (κ2) is 8.82. The predicted octanol–water partition coefficient (Wildman–Crippen LogP) is 6.94. The van der Waals surface area contributed by atoms with E-state index in [1.54, 1.807) is 18.2 Å². The molecule has 2 aromatic carbocycles. The zero-order chi connectivity index (χ0) is 21.0. The number of alkyl halides is 3. The lowest BCUT2D eigenvalue weighted by Gasteiger charge is -2.15. The Morgan fingerprint density at radius 3 is 2.38 bits per heavy atom. The van der Waals surface area contributed by atoms with Crippen LogP contribution in [0.15, 0.2) is 59.2 Å². The Bertz CT molecular complexity index is 972. The quantitative estimate of drug-likeness (QED) is 0.414. The molecule has 2 N–H and O–H groups in total. The highest BCUT2D eigenvalue weighted by atomic mass is 79.9. The van der Waals surface area contributed by atoms with Gasteiger partial charge in [0.25, 0.3) is 0 Å². The van der Waals surface area contributed by atoms with Crippen molar-refractivity contribution in [1.82, 2.24) is 9.97 Å². The molecule has 3 aromatic rings. The van der Waals surface area contributed by atoms with Gasteiger partial charge in [0.2, 0.25) is 5.95 Å². The molecule has 0 aliphatic carbocycles. The number of rotatable bonds is 6. The molecule has 0 atom stereocenters.